The predicted octanol–water partition coefficient (Wildman–Crippen LogP) is 0.655. The molecule has 8 heteroatoms. The Bertz CT molecular complexity index is 560. The molecule has 142 valence electrons. The fraction of sp³-hybridized carbons (Fsp3) is 0.647. The minimum atomic E-state index is -3.62. The largest absolute Gasteiger partial charge is 0.352 e. The second-order valence-electron chi connectivity index (χ2n) is 7.23. The predicted molar refractivity (Wildman–Crippen MR) is 90.8 cm³/mol. The zero-order chi connectivity index (χ0) is 19.0. The highest BCUT2D eigenvalue weighted by Gasteiger charge is 2.57. The lowest BCUT2D eigenvalue weighted by molar-refractivity contribution is -0.522. The average molecular weight is 376 g/mol. The third kappa shape index (κ3) is 4.32. The second-order valence-corrected chi connectivity index (χ2v) is 7.67. The Labute approximate surface area is 151 Å². The Morgan fingerprint density at radius 2 is 1.48 bits per heavy atom. The minimum Gasteiger partial charge on any atom is -0.330 e. The van der Waals surface area contributed by atoms with Gasteiger partial charge < -0.3 is 30.6 Å². The molecule has 0 saturated heterocycles. The molecule has 7 nitrogen and oxygen atoms in total. The van der Waals surface area contributed by atoms with Crippen LogP contribution in [0.25, 0.3) is 0 Å². The molecule has 0 bridgehead atoms. The monoisotopic (exact) mass is 375 g/mol. The van der Waals surface area contributed by atoms with E-state index in [1.165, 1.54) is 0 Å². The highest BCUT2D eigenvalue weighted by atomic mass is 35.5. The van der Waals surface area contributed by atoms with E-state index >= 15 is 0 Å². The van der Waals surface area contributed by atoms with Crippen LogP contribution in [0.5, 0.6) is 0 Å². The van der Waals surface area contributed by atoms with Gasteiger partial charge >= 0.3 is 12.2 Å². The molecule has 1 aliphatic carbocycles. The van der Waals surface area contributed by atoms with Crippen LogP contribution in [0.2, 0.25) is 5.02 Å². The van der Waals surface area contributed by atoms with E-state index in [-0.39, 0.29) is 17.2 Å². The van der Waals surface area contributed by atoms with Crippen molar-refractivity contribution in [3.63, 3.8) is 0 Å². The molecule has 1 aromatic carbocycles. The summed E-state index contributed by atoms with van der Waals surface area (Å²) in [6.07, 6.45) is -4.88. The number of benzene rings is 1. The van der Waals surface area contributed by atoms with Crippen molar-refractivity contribution >= 4 is 11.6 Å². The van der Waals surface area contributed by atoms with Gasteiger partial charge in [-0.1, -0.05) is 44.0 Å². The lowest BCUT2D eigenvalue weighted by Crippen LogP contribution is -2.70. The molecule has 0 radical (unpaired) electrons. The third-order valence-electron chi connectivity index (χ3n) is 4.96. The minimum absolute atomic E-state index is 0.0157. The van der Waals surface area contributed by atoms with Gasteiger partial charge in [-0.25, -0.2) is 0 Å². The SMILES string of the molecule is CC(C)CC(N(C(O)(O)O)C(O)(O)O)C1(c2ccc(Cl)cc2)CCC1. The summed E-state index contributed by atoms with van der Waals surface area (Å²) in [4.78, 5) is 0.133. The second kappa shape index (κ2) is 7.09. The van der Waals surface area contributed by atoms with Crippen molar-refractivity contribution in [1.82, 2.24) is 4.90 Å². The highest BCUT2D eigenvalue weighted by Crippen LogP contribution is 2.51. The molecule has 0 aromatic heterocycles. The number of hydrogen-bond acceptors (Lipinski definition) is 7. The van der Waals surface area contributed by atoms with Crippen LogP contribution in [0.15, 0.2) is 24.3 Å². The number of nitrogens with zero attached hydrogens (tertiary/aromatic N) is 1. The lowest BCUT2D eigenvalue weighted by Gasteiger charge is -2.55. The maximum atomic E-state index is 9.71. The molecule has 0 heterocycles. The van der Waals surface area contributed by atoms with E-state index in [2.05, 4.69) is 0 Å². The summed E-state index contributed by atoms with van der Waals surface area (Å²) in [5.41, 5.74) is 0.112. The number of aliphatic hydroxyl groups is 6. The van der Waals surface area contributed by atoms with Crippen LogP contribution in [0, 0.1) is 5.92 Å². The Kier molecular flexibility index (Phi) is 5.83. The van der Waals surface area contributed by atoms with E-state index in [1.807, 2.05) is 13.8 Å². The summed E-state index contributed by atoms with van der Waals surface area (Å²) < 4.78 is 0. The van der Waals surface area contributed by atoms with Gasteiger partial charge in [-0.05, 0) is 42.9 Å². The van der Waals surface area contributed by atoms with Crippen LogP contribution < -0.4 is 0 Å². The normalized spacial score (nSPS) is 19.2. The summed E-state index contributed by atoms with van der Waals surface area (Å²) in [7, 11) is 0. The number of hydrogen-bond donors (Lipinski definition) is 6. The molecular weight excluding hydrogens is 350 g/mol. The molecule has 2 rings (SSSR count). The van der Waals surface area contributed by atoms with Crippen molar-refractivity contribution in [3.05, 3.63) is 34.9 Å². The summed E-state index contributed by atoms with van der Waals surface area (Å²) in [6, 6.07) is 6.01. The molecule has 1 unspecified atom stereocenters. The van der Waals surface area contributed by atoms with Crippen molar-refractivity contribution in [2.75, 3.05) is 0 Å². The van der Waals surface area contributed by atoms with Gasteiger partial charge in [0.15, 0.2) is 0 Å². The van der Waals surface area contributed by atoms with E-state index < -0.39 is 23.7 Å². The summed E-state index contributed by atoms with van der Waals surface area (Å²) in [5, 5.41) is 58.8. The summed E-state index contributed by atoms with van der Waals surface area (Å²) in [6.45, 7) is 3.75. The van der Waals surface area contributed by atoms with Crippen molar-refractivity contribution < 1.29 is 30.6 Å². The van der Waals surface area contributed by atoms with Gasteiger partial charge in [-0.2, -0.15) is 0 Å². The van der Waals surface area contributed by atoms with Crippen LogP contribution in [-0.2, 0) is 5.41 Å². The zero-order valence-corrected chi connectivity index (χ0v) is 15.1. The average Bonchev–Trinajstić information content (AvgIpc) is 2.35. The quantitative estimate of drug-likeness (QED) is 0.387. The van der Waals surface area contributed by atoms with Crippen LogP contribution in [-0.4, -0.2) is 53.8 Å². The first-order chi connectivity index (χ1) is 11.4. The van der Waals surface area contributed by atoms with Crippen LogP contribution >= 0.6 is 11.6 Å². The maximum absolute atomic E-state index is 9.71. The van der Waals surface area contributed by atoms with Crippen LogP contribution in [0.4, 0.5) is 0 Å². The molecule has 0 amide bonds. The van der Waals surface area contributed by atoms with Crippen LogP contribution in [0.1, 0.15) is 45.1 Å². The Balaban J connectivity index is 2.56. The first-order valence-corrected chi connectivity index (χ1v) is 8.65. The van der Waals surface area contributed by atoms with Crippen LogP contribution in [0.3, 0.4) is 0 Å². The lowest BCUT2D eigenvalue weighted by atomic mass is 9.58. The number of rotatable bonds is 7. The van der Waals surface area contributed by atoms with E-state index in [9.17, 15) is 30.6 Å². The van der Waals surface area contributed by atoms with Crippen molar-refractivity contribution in [2.24, 2.45) is 5.92 Å². The van der Waals surface area contributed by atoms with Gasteiger partial charge in [0.1, 0.15) is 0 Å². The van der Waals surface area contributed by atoms with Gasteiger partial charge in [0.25, 0.3) is 0 Å². The first kappa shape index (κ1) is 20.5. The molecular formula is C17H26ClNO6. The fourth-order valence-electron chi connectivity index (χ4n) is 3.80. The van der Waals surface area contributed by atoms with E-state index in [4.69, 9.17) is 11.6 Å². The smallest absolute Gasteiger partial charge is 0.330 e. The Hall–Kier alpha value is -0.770. The molecule has 1 atom stereocenters. The van der Waals surface area contributed by atoms with E-state index in [1.54, 1.807) is 24.3 Å². The molecule has 0 spiro atoms. The van der Waals surface area contributed by atoms with Gasteiger partial charge in [0, 0.05) is 16.5 Å². The number of halogens is 1. The topological polar surface area (TPSA) is 125 Å². The third-order valence-corrected chi connectivity index (χ3v) is 5.21. The standard InChI is InChI=1S/C17H26ClNO6/c1-11(2)10-14(19(16(20,21)22)17(23,24)25)15(8-3-9-15)12-4-6-13(18)7-5-12/h4-7,11,14,20-25H,3,8-10H2,1-2H3. The van der Waals surface area contributed by atoms with Gasteiger partial charge in [0.05, 0.1) is 0 Å². The Morgan fingerprint density at radius 3 is 1.80 bits per heavy atom. The molecule has 25 heavy (non-hydrogen) atoms. The summed E-state index contributed by atoms with van der Waals surface area (Å²) in [5.74, 6) is 0.0157. The first-order valence-electron chi connectivity index (χ1n) is 8.27. The molecule has 1 aromatic rings. The van der Waals surface area contributed by atoms with Gasteiger partial charge in [0.2, 0.25) is 0 Å². The molecule has 6 N–H and O–H groups in total. The zero-order valence-electron chi connectivity index (χ0n) is 14.3. The van der Waals surface area contributed by atoms with Gasteiger partial charge in [-0.3, -0.25) is 0 Å². The Morgan fingerprint density at radius 1 is 1.00 bits per heavy atom. The van der Waals surface area contributed by atoms with Crippen molar-refractivity contribution in [2.45, 2.75) is 63.2 Å². The fourth-order valence-corrected chi connectivity index (χ4v) is 3.92. The molecule has 1 saturated carbocycles. The van der Waals surface area contributed by atoms with E-state index in [0.717, 1.165) is 12.0 Å². The summed E-state index contributed by atoms with van der Waals surface area (Å²) >= 11 is 5.94. The van der Waals surface area contributed by atoms with Crippen molar-refractivity contribution in [1.29, 1.82) is 0 Å². The molecule has 1 aliphatic rings. The highest BCUT2D eigenvalue weighted by molar-refractivity contribution is 6.30. The van der Waals surface area contributed by atoms with Crippen molar-refractivity contribution in [3.8, 4) is 0 Å². The molecule has 0 aliphatic heterocycles. The van der Waals surface area contributed by atoms with Gasteiger partial charge in [-0.15, -0.1) is 4.90 Å². The molecule has 1 fully saturated rings. The van der Waals surface area contributed by atoms with E-state index in [0.29, 0.717) is 17.9 Å². The maximum Gasteiger partial charge on any atom is 0.352 e.